The van der Waals surface area contributed by atoms with Crippen molar-refractivity contribution in [3.05, 3.63) is 65.9 Å². The maximum Gasteiger partial charge on any atom is 0.172 e. The Kier molecular flexibility index (Phi) is 3.21. The molecule has 19 heavy (non-hydrogen) atoms. The lowest BCUT2D eigenvalue weighted by Gasteiger charge is -2.05. The monoisotopic (exact) mass is 254 g/mol. The fraction of sp³-hybridized carbons (Fsp3) is 0.125. The summed E-state index contributed by atoms with van der Waals surface area (Å²) < 4.78 is 11.4. The Labute approximate surface area is 111 Å². The number of hydrogen-bond donors (Lipinski definition) is 1. The topological polar surface area (TPSA) is 42.6 Å². The molecule has 3 nitrogen and oxygen atoms in total. The van der Waals surface area contributed by atoms with Crippen LogP contribution in [0.4, 0.5) is 0 Å². The van der Waals surface area contributed by atoms with Gasteiger partial charge in [-0.15, -0.1) is 0 Å². The summed E-state index contributed by atoms with van der Waals surface area (Å²) in [6.45, 7) is 0.288. The highest BCUT2D eigenvalue weighted by Crippen LogP contribution is 2.33. The van der Waals surface area contributed by atoms with Crippen LogP contribution in [0.5, 0.6) is 5.75 Å². The van der Waals surface area contributed by atoms with E-state index < -0.39 is 0 Å². The van der Waals surface area contributed by atoms with E-state index in [1.807, 2.05) is 54.6 Å². The number of aliphatic hydroxyl groups excluding tert-OH is 1. The number of rotatable bonds is 4. The fourth-order valence-electron chi connectivity index (χ4n) is 2.06. The van der Waals surface area contributed by atoms with Gasteiger partial charge >= 0.3 is 0 Å². The lowest BCUT2D eigenvalue weighted by atomic mass is 10.2. The molecule has 0 aliphatic rings. The minimum Gasteiger partial charge on any atom is -0.484 e. The second-order valence-electron chi connectivity index (χ2n) is 4.28. The molecule has 0 radical (unpaired) electrons. The molecule has 1 aromatic heterocycles. The third-order valence-electron chi connectivity index (χ3n) is 2.99. The summed E-state index contributed by atoms with van der Waals surface area (Å²) in [6.07, 6.45) is 0. The normalized spacial score (nSPS) is 10.8. The van der Waals surface area contributed by atoms with E-state index in [1.165, 1.54) is 0 Å². The van der Waals surface area contributed by atoms with Gasteiger partial charge in [-0.3, -0.25) is 0 Å². The molecule has 3 rings (SSSR count). The lowest BCUT2D eigenvalue weighted by molar-refractivity contribution is 0.230. The van der Waals surface area contributed by atoms with Crippen LogP contribution in [0.2, 0.25) is 0 Å². The minimum atomic E-state index is -0.168. The Morgan fingerprint density at radius 1 is 0.947 bits per heavy atom. The summed E-state index contributed by atoms with van der Waals surface area (Å²) in [4.78, 5) is 0. The molecule has 1 N–H and O–H groups in total. The first-order valence-electron chi connectivity index (χ1n) is 6.16. The van der Waals surface area contributed by atoms with Crippen molar-refractivity contribution in [3.8, 4) is 5.75 Å². The molecule has 0 fully saturated rings. The Hall–Kier alpha value is -2.26. The second kappa shape index (κ2) is 5.16. The van der Waals surface area contributed by atoms with Crippen LogP contribution in [0.3, 0.4) is 0 Å². The number of furan rings is 1. The van der Waals surface area contributed by atoms with E-state index in [9.17, 15) is 5.11 Å². The molecule has 0 saturated heterocycles. The molecule has 0 bridgehead atoms. The van der Waals surface area contributed by atoms with Crippen LogP contribution >= 0.6 is 0 Å². The Morgan fingerprint density at radius 2 is 1.68 bits per heavy atom. The zero-order chi connectivity index (χ0) is 13.1. The molecule has 0 spiro atoms. The molecule has 0 aliphatic heterocycles. The molecule has 2 aromatic carbocycles. The molecule has 0 amide bonds. The summed E-state index contributed by atoms with van der Waals surface area (Å²) in [7, 11) is 0. The third kappa shape index (κ3) is 2.33. The second-order valence-corrected chi connectivity index (χ2v) is 4.28. The third-order valence-corrected chi connectivity index (χ3v) is 2.99. The van der Waals surface area contributed by atoms with E-state index in [4.69, 9.17) is 9.15 Å². The van der Waals surface area contributed by atoms with Crippen molar-refractivity contribution in [2.45, 2.75) is 13.2 Å². The van der Waals surface area contributed by atoms with Gasteiger partial charge in [-0.25, -0.2) is 0 Å². The average Bonchev–Trinajstić information content (AvgIpc) is 2.84. The molecule has 1 heterocycles. The first-order chi connectivity index (χ1) is 9.38. The van der Waals surface area contributed by atoms with Crippen LogP contribution in [0.25, 0.3) is 11.0 Å². The summed E-state index contributed by atoms with van der Waals surface area (Å²) in [6, 6.07) is 17.5. The van der Waals surface area contributed by atoms with Crippen molar-refractivity contribution in [1.82, 2.24) is 0 Å². The van der Waals surface area contributed by atoms with E-state index in [0.717, 1.165) is 16.5 Å². The maximum absolute atomic E-state index is 9.34. The van der Waals surface area contributed by atoms with Gasteiger partial charge in [-0.1, -0.05) is 42.5 Å². The van der Waals surface area contributed by atoms with E-state index in [1.54, 1.807) is 0 Å². The van der Waals surface area contributed by atoms with Crippen molar-refractivity contribution in [1.29, 1.82) is 0 Å². The van der Waals surface area contributed by atoms with Crippen molar-refractivity contribution in [2.75, 3.05) is 0 Å². The van der Waals surface area contributed by atoms with Gasteiger partial charge in [-0.2, -0.15) is 0 Å². The van der Waals surface area contributed by atoms with Crippen LogP contribution in [0, 0.1) is 0 Å². The molecule has 96 valence electrons. The van der Waals surface area contributed by atoms with Gasteiger partial charge in [0.15, 0.2) is 11.5 Å². The largest absolute Gasteiger partial charge is 0.484 e. The van der Waals surface area contributed by atoms with Gasteiger partial charge in [0.05, 0.1) is 5.39 Å². The number of fused-ring (bicyclic) bond motifs is 1. The summed E-state index contributed by atoms with van der Waals surface area (Å²) in [5.41, 5.74) is 1.81. The highest BCUT2D eigenvalue weighted by atomic mass is 16.5. The van der Waals surface area contributed by atoms with Gasteiger partial charge in [0.1, 0.15) is 18.8 Å². The molecule has 3 aromatic rings. The van der Waals surface area contributed by atoms with Gasteiger partial charge < -0.3 is 14.3 Å². The smallest absolute Gasteiger partial charge is 0.172 e. The van der Waals surface area contributed by atoms with Crippen LogP contribution in [0.15, 0.2) is 59.0 Å². The van der Waals surface area contributed by atoms with E-state index in [0.29, 0.717) is 18.1 Å². The number of aliphatic hydroxyl groups is 1. The predicted molar refractivity (Wildman–Crippen MR) is 72.9 cm³/mol. The molecule has 0 aliphatic carbocycles. The Morgan fingerprint density at radius 3 is 2.47 bits per heavy atom. The molecule has 0 unspecified atom stereocenters. The fourth-order valence-corrected chi connectivity index (χ4v) is 2.06. The van der Waals surface area contributed by atoms with Crippen molar-refractivity contribution >= 4 is 11.0 Å². The highest BCUT2D eigenvalue weighted by Gasteiger charge is 2.14. The molecule has 3 heteroatoms. The van der Waals surface area contributed by atoms with E-state index >= 15 is 0 Å². The van der Waals surface area contributed by atoms with Crippen molar-refractivity contribution in [3.63, 3.8) is 0 Å². The van der Waals surface area contributed by atoms with Crippen LogP contribution in [-0.2, 0) is 13.2 Å². The maximum atomic E-state index is 9.34. The standard InChI is InChI=1S/C16H14O3/c17-10-15-16(13-8-4-5-9-14(13)19-15)18-11-12-6-2-1-3-7-12/h1-9,17H,10-11H2. The number of hydrogen-bond acceptors (Lipinski definition) is 3. The number of para-hydroxylation sites is 1. The summed E-state index contributed by atoms with van der Waals surface area (Å²) >= 11 is 0. The van der Waals surface area contributed by atoms with E-state index in [-0.39, 0.29) is 6.61 Å². The molecular weight excluding hydrogens is 240 g/mol. The van der Waals surface area contributed by atoms with Crippen LogP contribution in [0.1, 0.15) is 11.3 Å². The van der Waals surface area contributed by atoms with Crippen LogP contribution in [-0.4, -0.2) is 5.11 Å². The quantitative estimate of drug-likeness (QED) is 0.774. The minimum absolute atomic E-state index is 0.168. The summed E-state index contributed by atoms with van der Waals surface area (Å²) in [5.74, 6) is 1.10. The number of benzene rings is 2. The molecular formula is C16H14O3. The van der Waals surface area contributed by atoms with Gasteiger partial charge in [-0.05, 0) is 17.7 Å². The zero-order valence-corrected chi connectivity index (χ0v) is 10.4. The van der Waals surface area contributed by atoms with Crippen molar-refractivity contribution < 1.29 is 14.3 Å². The van der Waals surface area contributed by atoms with Gasteiger partial charge in [0.25, 0.3) is 0 Å². The SMILES string of the molecule is OCc1oc2ccccc2c1OCc1ccccc1. The number of ether oxygens (including phenoxy) is 1. The first kappa shape index (κ1) is 11.8. The zero-order valence-electron chi connectivity index (χ0n) is 10.4. The van der Waals surface area contributed by atoms with Crippen molar-refractivity contribution in [2.24, 2.45) is 0 Å². The molecule has 0 atom stereocenters. The van der Waals surface area contributed by atoms with Gasteiger partial charge in [0.2, 0.25) is 0 Å². The van der Waals surface area contributed by atoms with Crippen LogP contribution < -0.4 is 4.74 Å². The first-order valence-corrected chi connectivity index (χ1v) is 6.16. The molecule has 0 saturated carbocycles. The van der Waals surface area contributed by atoms with E-state index in [2.05, 4.69) is 0 Å². The predicted octanol–water partition coefficient (Wildman–Crippen LogP) is 3.50. The lowest BCUT2D eigenvalue weighted by Crippen LogP contribution is -1.96. The average molecular weight is 254 g/mol. The Balaban J connectivity index is 1.91. The van der Waals surface area contributed by atoms with Gasteiger partial charge in [0, 0.05) is 0 Å². The Bertz CT molecular complexity index is 671. The summed E-state index contributed by atoms with van der Waals surface area (Å²) in [5, 5.41) is 10.2. The highest BCUT2D eigenvalue weighted by molar-refractivity contribution is 5.85.